The van der Waals surface area contributed by atoms with Crippen LogP contribution in [0, 0.1) is 6.92 Å². The van der Waals surface area contributed by atoms with Crippen LogP contribution in [0.3, 0.4) is 0 Å². The minimum atomic E-state index is -0.416. The van der Waals surface area contributed by atoms with Crippen LogP contribution in [0.2, 0.25) is 0 Å². The lowest BCUT2D eigenvalue weighted by atomic mass is 10.2. The largest absolute Gasteiger partial charge is 0.423 e. The highest BCUT2D eigenvalue weighted by molar-refractivity contribution is 5.91. The SMILES string of the molecule is Cc1ccccc1NCC(=O)N/N=C\c1ccc(OC(=O)c2ccccc2)cc1. The number of nitrogens with zero attached hydrogens (tertiary/aromatic N) is 1. The lowest BCUT2D eigenvalue weighted by Gasteiger charge is -2.07. The van der Waals surface area contributed by atoms with Crippen LogP contribution in [-0.2, 0) is 4.79 Å². The summed E-state index contributed by atoms with van der Waals surface area (Å²) in [6.07, 6.45) is 1.52. The molecule has 0 aliphatic heterocycles. The number of ether oxygens (including phenoxy) is 1. The third-order valence-electron chi connectivity index (χ3n) is 4.09. The van der Waals surface area contributed by atoms with Gasteiger partial charge in [0.05, 0.1) is 18.3 Å². The molecule has 146 valence electrons. The van der Waals surface area contributed by atoms with Gasteiger partial charge in [0, 0.05) is 5.69 Å². The molecule has 0 radical (unpaired) electrons. The molecule has 29 heavy (non-hydrogen) atoms. The lowest BCUT2D eigenvalue weighted by molar-refractivity contribution is -0.119. The van der Waals surface area contributed by atoms with Crippen molar-refractivity contribution in [1.29, 1.82) is 0 Å². The average molecular weight is 387 g/mol. The predicted molar refractivity (Wildman–Crippen MR) is 113 cm³/mol. The molecule has 0 unspecified atom stereocenters. The van der Waals surface area contributed by atoms with E-state index in [-0.39, 0.29) is 12.5 Å². The first-order valence-electron chi connectivity index (χ1n) is 9.10. The molecule has 0 spiro atoms. The summed E-state index contributed by atoms with van der Waals surface area (Å²) in [6, 6.07) is 23.4. The molecule has 6 nitrogen and oxygen atoms in total. The number of aryl methyl sites for hydroxylation is 1. The molecule has 0 aliphatic rings. The summed E-state index contributed by atoms with van der Waals surface area (Å²) in [4.78, 5) is 23.9. The van der Waals surface area contributed by atoms with E-state index >= 15 is 0 Å². The molecule has 0 saturated heterocycles. The minimum absolute atomic E-state index is 0.122. The number of amides is 1. The van der Waals surface area contributed by atoms with Gasteiger partial charge in [-0.3, -0.25) is 4.79 Å². The molecule has 0 aromatic heterocycles. The molecule has 6 heteroatoms. The van der Waals surface area contributed by atoms with Crippen molar-refractivity contribution < 1.29 is 14.3 Å². The van der Waals surface area contributed by atoms with Gasteiger partial charge in [0.25, 0.3) is 5.91 Å². The number of carbonyl (C=O) groups excluding carboxylic acids is 2. The monoisotopic (exact) mass is 387 g/mol. The Hall–Kier alpha value is -3.93. The normalized spacial score (nSPS) is 10.5. The summed E-state index contributed by atoms with van der Waals surface area (Å²) >= 11 is 0. The first-order valence-corrected chi connectivity index (χ1v) is 9.10. The van der Waals surface area contributed by atoms with Crippen molar-refractivity contribution in [1.82, 2.24) is 5.43 Å². The van der Waals surface area contributed by atoms with E-state index < -0.39 is 5.97 Å². The van der Waals surface area contributed by atoms with Crippen LogP contribution in [-0.4, -0.2) is 24.6 Å². The van der Waals surface area contributed by atoms with Gasteiger partial charge in [0.15, 0.2) is 0 Å². The third-order valence-corrected chi connectivity index (χ3v) is 4.09. The Morgan fingerprint density at radius 3 is 2.34 bits per heavy atom. The fourth-order valence-corrected chi connectivity index (χ4v) is 2.53. The summed E-state index contributed by atoms with van der Waals surface area (Å²) in [5, 5.41) is 7.01. The number of para-hydroxylation sites is 1. The fraction of sp³-hybridized carbons (Fsp3) is 0.0870. The van der Waals surface area contributed by atoms with Crippen molar-refractivity contribution in [3.8, 4) is 5.75 Å². The first kappa shape index (κ1) is 19.8. The van der Waals surface area contributed by atoms with Gasteiger partial charge in [-0.15, -0.1) is 0 Å². The van der Waals surface area contributed by atoms with Crippen molar-refractivity contribution in [2.45, 2.75) is 6.92 Å². The van der Waals surface area contributed by atoms with E-state index in [0.717, 1.165) is 16.8 Å². The van der Waals surface area contributed by atoms with Crippen molar-refractivity contribution in [2.75, 3.05) is 11.9 Å². The number of esters is 1. The molecular weight excluding hydrogens is 366 g/mol. The molecule has 0 aliphatic carbocycles. The highest BCUT2D eigenvalue weighted by atomic mass is 16.5. The van der Waals surface area contributed by atoms with Gasteiger partial charge in [-0.25, -0.2) is 10.2 Å². The molecule has 0 bridgehead atoms. The topological polar surface area (TPSA) is 79.8 Å². The smallest absolute Gasteiger partial charge is 0.343 e. The van der Waals surface area contributed by atoms with Crippen molar-refractivity contribution in [2.24, 2.45) is 5.10 Å². The van der Waals surface area contributed by atoms with Gasteiger partial charge >= 0.3 is 5.97 Å². The Morgan fingerprint density at radius 1 is 0.931 bits per heavy atom. The van der Waals surface area contributed by atoms with Gasteiger partial charge in [-0.2, -0.15) is 5.10 Å². The van der Waals surface area contributed by atoms with E-state index in [0.29, 0.717) is 11.3 Å². The van der Waals surface area contributed by atoms with E-state index in [4.69, 9.17) is 4.74 Å². The van der Waals surface area contributed by atoms with Crippen LogP contribution < -0.4 is 15.5 Å². The maximum atomic E-state index is 12.0. The molecule has 0 heterocycles. The van der Waals surface area contributed by atoms with Crippen molar-refractivity contribution >= 4 is 23.8 Å². The van der Waals surface area contributed by atoms with Crippen LogP contribution in [0.5, 0.6) is 5.75 Å². The minimum Gasteiger partial charge on any atom is -0.423 e. The van der Waals surface area contributed by atoms with Gasteiger partial charge in [-0.1, -0.05) is 36.4 Å². The van der Waals surface area contributed by atoms with Crippen molar-refractivity contribution in [3.63, 3.8) is 0 Å². The van der Waals surface area contributed by atoms with Gasteiger partial charge in [0.1, 0.15) is 5.75 Å². The molecule has 1 amide bonds. The first-order chi connectivity index (χ1) is 14.1. The zero-order valence-electron chi connectivity index (χ0n) is 16.0. The second-order valence-electron chi connectivity index (χ2n) is 6.29. The second kappa shape index (κ2) is 9.85. The molecule has 0 saturated carbocycles. The Balaban J connectivity index is 1.46. The zero-order valence-corrected chi connectivity index (χ0v) is 16.0. The Bertz CT molecular complexity index is 999. The van der Waals surface area contributed by atoms with E-state index in [1.54, 1.807) is 48.5 Å². The molecular formula is C23H21N3O3. The van der Waals surface area contributed by atoms with Crippen LogP contribution >= 0.6 is 0 Å². The van der Waals surface area contributed by atoms with Crippen molar-refractivity contribution in [3.05, 3.63) is 95.6 Å². The third kappa shape index (κ3) is 6.04. The van der Waals surface area contributed by atoms with Crippen LogP contribution in [0.15, 0.2) is 84.0 Å². The summed E-state index contributed by atoms with van der Waals surface area (Å²) < 4.78 is 5.32. The number of rotatable bonds is 7. The van der Waals surface area contributed by atoms with Crippen LogP contribution in [0.25, 0.3) is 0 Å². The molecule has 0 atom stereocenters. The molecule has 0 fully saturated rings. The molecule has 3 rings (SSSR count). The Morgan fingerprint density at radius 2 is 1.62 bits per heavy atom. The molecule has 3 aromatic rings. The van der Waals surface area contributed by atoms with E-state index in [2.05, 4.69) is 15.8 Å². The number of hydrogen-bond acceptors (Lipinski definition) is 5. The quantitative estimate of drug-likeness (QED) is 0.280. The number of hydrazone groups is 1. The predicted octanol–water partition coefficient (Wildman–Crippen LogP) is 3.78. The Labute approximate surface area is 169 Å². The summed E-state index contributed by atoms with van der Waals surface area (Å²) in [6.45, 7) is 2.09. The highest BCUT2D eigenvalue weighted by Crippen LogP contribution is 2.14. The Kier molecular flexibility index (Phi) is 6.73. The number of anilines is 1. The van der Waals surface area contributed by atoms with Crippen LogP contribution in [0.4, 0.5) is 5.69 Å². The second-order valence-corrected chi connectivity index (χ2v) is 6.29. The van der Waals surface area contributed by atoms with Gasteiger partial charge in [0.2, 0.25) is 0 Å². The number of benzene rings is 3. The van der Waals surface area contributed by atoms with E-state index in [1.807, 2.05) is 37.3 Å². The molecule has 3 aromatic carbocycles. The number of nitrogens with one attached hydrogen (secondary N) is 2. The summed E-state index contributed by atoms with van der Waals surface area (Å²) in [7, 11) is 0. The maximum absolute atomic E-state index is 12.0. The number of carbonyl (C=O) groups is 2. The standard InChI is InChI=1S/C23H21N3O3/c1-17-7-5-6-10-21(17)24-16-22(27)26-25-15-18-11-13-20(14-12-18)29-23(28)19-8-3-2-4-9-19/h2-15,24H,16H2,1H3,(H,26,27)/b25-15-. The zero-order chi connectivity index (χ0) is 20.5. The van der Waals surface area contributed by atoms with E-state index in [9.17, 15) is 9.59 Å². The van der Waals surface area contributed by atoms with Gasteiger partial charge in [-0.05, 0) is 60.5 Å². The fourth-order valence-electron chi connectivity index (χ4n) is 2.53. The maximum Gasteiger partial charge on any atom is 0.343 e. The summed E-state index contributed by atoms with van der Waals surface area (Å²) in [5.41, 5.74) is 5.69. The molecule has 2 N–H and O–H groups in total. The van der Waals surface area contributed by atoms with Gasteiger partial charge < -0.3 is 10.1 Å². The number of hydrogen-bond donors (Lipinski definition) is 2. The average Bonchev–Trinajstić information content (AvgIpc) is 2.75. The van der Waals surface area contributed by atoms with Crippen LogP contribution in [0.1, 0.15) is 21.5 Å². The summed E-state index contributed by atoms with van der Waals surface area (Å²) in [5.74, 6) is -0.235. The lowest BCUT2D eigenvalue weighted by Crippen LogP contribution is -2.26. The van der Waals surface area contributed by atoms with E-state index in [1.165, 1.54) is 6.21 Å². The highest BCUT2D eigenvalue weighted by Gasteiger charge is 2.07.